The van der Waals surface area contributed by atoms with Gasteiger partial charge in [0, 0.05) is 25.6 Å². The molecule has 0 aliphatic heterocycles. The fraction of sp³-hybridized carbons (Fsp3) is 0.333. The molecule has 0 radical (unpaired) electrons. The van der Waals surface area contributed by atoms with Crippen molar-refractivity contribution in [3.63, 3.8) is 0 Å². The highest BCUT2D eigenvalue weighted by atomic mass is 35.5. The Kier molecular flexibility index (Phi) is 7.16. The zero-order chi connectivity index (χ0) is 19.9. The summed E-state index contributed by atoms with van der Waals surface area (Å²) >= 11 is 11.8. The lowest BCUT2D eigenvalue weighted by molar-refractivity contribution is -0.143. The Hall–Kier alpha value is -2.26. The highest BCUT2D eigenvalue weighted by Gasteiger charge is 2.13. The quantitative estimate of drug-likeness (QED) is 0.371. The van der Waals surface area contributed by atoms with Gasteiger partial charge in [-0.05, 0) is 26.0 Å². The van der Waals surface area contributed by atoms with Crippen LogP contribution in [0.5, 0.6) is 0 Å². The minimum atomic E-state index is -0.285. The number of hydrogen-bond acceptors (Lipinski definition) is 6. The van der Waals surface area contributed by atoms with E-state index in [0.29, 0.717) is 30.1 Å². The number of fused-ring (bicyclic) bond motifs is 2. The van der Waals surface area contributed by atoms with Crippen molar-refractivity contribution in [3.05, 3.63) is 47.5 Å². The number of halogens is 2. The Morgan fingerprint density at radius 1 is 0.964 bits per heavy atom. The van der Waals surface area contributed by atoms with E-state index in [9.17, 15) is 0 Å². The summed E-state index contributed by atoms with van der Waals surface area (Å²) in [7, 11) is 0. The predicted molar refractivity (Wildman–Crippen MR) is 108 cm³/mol. The standard InChI is InChI=1S/C12H16ClN3O2.C6H4ClN3/c1-3-17-10(18-4-2)7-16-6-5-9-11(16)12(13)15-8-14-9;7-6-5-4(1-2-8-5)9-3-10-6/h5-6,8,10H,3-4,7H2,1-2H3;1-3,8H. The number of ether oxygens (including phenoxy) is 2. The Balaban J connectivity index is 0.000000188. The molecule has 0 aliphatic carbocycles. The van der Waals surface area contributed by atoms with Gasteiger partial charge < -0.3 is 19.0 Å². The van der Waals surface area contributed by atoms with E-state index >= 15 is 0 Å². The number of hydrogen-bond donors (Lipinski definition) is 1. The molecule has 8 nitrogen and oxygen atoms in total. The van der Waals surface area contributed by atoms with Crippen molar-refractivity contribution < 1.29 is 9.47 Å². The third kappa shape index (κ3) is 4.77. The van der Waals surface area contributed by atoms with Gasteiger partial charge in [-0.15, -0.1) is 0 Å². The molecule has 0 unspecified atom stereocenters. The van der Waals surface area contributed by atoms with Crippen molar-refractivity contribution >= 4 is 45.3 Å². The molecule has 10 heteroatoms. The molecule has 0 bridgehead atoms. The van der Waals surface area contributed by atoms with E-state index in [2.05, 4.69) is 24.9 Å². The topological polar surface area (TPSA) is 90.7 Å². The van der Waals surface area contributed by atoms with Gasteiger partial charge in [0.15, 0.2) is 16.6 Å². The molecular formula is C18H20Cl2N6O2. The van der Waals surface area contributed by atoms with Crippen molar-refractivity contribution in [1.82, 2.24) is 29.5 Å². The van der Waals surface area contributed by atoms with Crippen LogP contribution in [-0.2, 0) is 16.0 Å². The van der Waals surface area contributed by atoms with Crippen LogP contribution in [0.2, 0.25) is 10.3 Å². The van der Waals surface area contributed by atoms with Crippen LogP contribution in [0.15, 0.2) is 37.2 Å². The maximum Gasteiger partial charge on any atom is 0.175 e. The average molecular weight is 423 g/mol. The van der Waals surface area contributed by atoms with Crippen molar-refractivity contribution in [1.29, 1.82) is 0 Å². The van der Waals surface area contributed by atoms with Gasteiger partial charge in [0.05, 0.1) is 17.6 Å². The zero-order valence-electron chi connectivity index (χ0n) is 15.5. The molecular weight excluding hydrogens is 403 g/mol. The number of nitrogens with zero attached hydrogens (tertiary/aromatic N) is 5. The summed E-state index contributed by atoms with van der Waals surface area (Å²) in [6, 6.07) is 3.75. The molecule has 4 rings (SSSR count). The van der Waals surface area contributed by atoms with Gasteiger partial charge in [0.25, 0.3) is 0 Å². The van der Waals surface area contributed by atoms with E-state index in [1.165, 1.54) is 12.7 Å². The molecule has 0 saturated heterocycles. The Morgan fingerprint density at radius 2 is 1.64 bits per heavy atom. The summed E-state index contributed by atoms with van der Waals surface area (Å²) < 4.78 is 13.0. The van der Waals surface area contributed by atoms with Gasteiger partial charge in [-0.1, -0.05) is 23.2 Å². The van der Waals surface area contributed by atoms with Crippen LogP contribution < -0.4 is 0 Å². The number of nitrogens with one attached hydrogen (secondary N) is 1. The van der Waals surface area contributed by atoms with Crippen LogP contribution in [0.1, 0.15) is 13.8 Å². The number of aromatic amines is 1. The molecule has 0 fully saturated rings. The molecule has 148 valence electrons. The third-order valence-corrected chi connectivity index (χ3v) is 4.42. The second kappa shape index (κ2) is 9.79. The molecule has 4 aromatic rings. The summed E-state index contributed by atoms with van der Waals surface area (Å²) in [6.07, 6.45) is 6.31. The fourth-order valence-corrected chi connectivity index (χ4v) is 3.11. The Morgan fingerprint density at radius 3 is 2.32 bits per heavy atom. The first kappa shape index (κ1) is 20.5. The maximum atomic E-state index is 6.09. The molecule has 0 aliphatic rings. The number of H-pyrrole nitrogens is 1. The summed E-state index contributed by atoms with van der Waals surface area (Å²) in [5.74, 6) is 0. The van der Waals surface area contributed by atoms with Gasteiger partial charge in [0.1, 0.15) is 23.7 Å². The molecule has 0 aromatic carbocycles. The second-order valence-electron chi connectivity index (χ2n) is 5.61. The summed E-state index contributed by atoms with van der Waals surface area (Å²) in [5, 5.41) is 0.909. The van der Waals surface area contributed by atoms with Crippen LogP contribution >= 0.6 is 23.2 Å². The van der Waals surface area contributed by atoms with E-state index in [0.717, 1.165) is 22.1 Å². The van der Waals surface area contributed by atoms with Gasteiger partial charge in [0.2, 0.25) is 0 Å². The largest absolute Gasteiger partial charge is 0.357 e. The maximum absolute atomic E-state index is 6.09. The first-order valence-corrected chi connectivity index (χ1v) is 9.51. The fourth-order valence-electron chi connectivity index (χ4n) is 2.67. The average Bonchev–Trinajstić information content (AvgIpc) is 3.32. The highest BCUT2D eigenvalue weighted by molar-refractivity contribution is 6.33. The summed E-state index contributed by atoms with van der Waals surface area (Å²) in [4.78, 5) is 18.9. The minimum absolute atomic E-state index is 0.285. The van der Waals surface area contributed by atoms with Crippen LogP contribution in [0, 0.1) is 0 Å². The first-order valence-electron chi connectivity index (χ1n) is 8.76. The lowest BCUT2D eigenvalue weighted by Gasteiger charge is -2.18. The van der Waals surface area contributed by atoms with Gasteiger partial charge in [-0.25, -0.2) is 19.9 Å². The summed E-state index contributed by atoms with van der Waals surface area (Å²) in [5.41, 5.74) is 3.27. The smallest absolute Gasteiger partial charge is 0.175 e. The van der Waals surface area contributed by atoms with Crippen molar-refractivity contribution in [3.8, 4) is 0 Å². The zero-order valence-corrected chi connectivity index (χ0v) is 17.0. The number of aromatic nitrogens is 6. The molecule has 4 heterocycles. The van der Waals surface area contributed by atoms with Crippen LogP contribution in [0.25, 0.3) is 22.1 Å². The first-order chi connectivity index (χ1) is 13.6. The molecule has 0 amide bonds. The van der Waals surface area contributed by atoms with Gasteiger partial charge in [-0.2, -0.15) is 0 Å². The van der Waals surface area contributed by atoms with E-state index in [1.54, 1.807) is 6.20 Å². The molecule has 0 saturated carbocycles. The normalized spacial score (nSPS) is 11.2. The van der Waals surface area contributed by atoms with Crippen molar-refractivity contribution in [2.45, 2.75) is 26.7 Å². The SMILES string of the molecule is CCOC(Cn1ccc2ncnc(Cl)c21)OCC.Clc1ncnc2cc[nH]c12. The molecule has 0 spiro atoms. The van der Waals surface area contributed by atoms with Crippen LogP contribution in [-0.4, -0.2) is 49.0 Å². The third-order valence-electron chi connectivity index (χ3n) is 3.86. The van der Waals surface area contributed by atoms with Crippen molar-refractivity contribution in [2.75, 3.05) is 13.2 Å². The van der Waals surface area contributed by atoms with Crippen LogP contribution in [0.4, 0.5) is 0 Å². The van der Waals surface area contributed by atoms with E-state index in [4.69, 9.17) is 32.7 Å². The Labute approximate surface area is 171 Å². The molecule has 1 N–H and O–H groups in total. The second-order valence-corrected chi connectivity index (χ2v) is 6.33. The molecule has 0 atom stereocenters. The molecule has 28 heavy (non-hydrogen) atoms. The van der Waals surface area contributed by atoms with Crippen molar-refractivity contribution in [2.24, 2.45) is 0 Å². The predicted octanol–water partition coefficient (Wildman–Crippen LogP) is 4.10. The van der Waals surface area contributed by atoms with Crippen LogP contribution in [0.3, 0.4) is 0 Å². The van der Waals surface area contributed by atoms with Gasteiger partial charge in [-0.3, -0.25) is 0 Å². The Bertz CT molecular complexity index is 1030. The highest BCUT2D eigenvalue weighted by Crippen LogP contribution is 2.21. The lowest BCUT2D eigenvalue weighted by Crippen LogP contribution is -2.23. The van der Waals surface area contributed by atoms with E-state index < -0.39 is 0 Å². The summed E-state index contributed by atoms with van der Waals surface area (Å²) in [6.45, 7) is 5.66. The lowest BCUT2D eigenvalue weighted by atomic mass is 10.4. The molecule has 4 aromatic heterocycles. The van der Waals surface area contributed by atoms with E-state index in [1.807, 2.05) is 36.7 Å². The monoisotopic (exact) mass is 422 g/mol. The van der Waals surface area contributed by atoms with Gasteiger partial charge >= 0.3 is 0 Å². The number of rotatable bonds is 6. The minimum Gasteiger partial charge on any atom is -0.357 e. The van der Waals surface area contributed by atoms with E-state index in [-0.39, 0.29) is 6.29 Å².